The van der Waals surface area contributed by atoms with Crippen molar-refractivity contribution < 1.29 is 4.74 Å². The molecule has 0 atom stereocenters. The lowest BCUT2D eigenvalue weighted by Crippen LogP contribution is -1.98. The van der Waals surface area contributed by atoms with E-state index in [0.717, 1.165) is 5.75 Å². The van der Waals surface area contributed by atoms with Crippen molar-refractivity contribution in [2.75, 3.05) is 6.61 Å². The third kappa shape index (κ3) is 4.90. The number of hydrogen-bond donors (Lipinski definition) is 0. The van der Waals surface area contributed by atoms with E-state index in [-0.39, 0.29) is 0 Å². The van der Waals surface area contributed by atoms with Crippen LogP contribution in [0, 0.1) is 0 Å². The van der Waals surface area contributed by atoms with E-state index in [2.05, 4.69) is 39.0 Å². The Morgan fingerprint density at radius 1 is 1.24 bits per heavy atom. The Labute approximate surface area is 105 Å². The van der Waals surface area contributed by atoms with Gasteiger partial charge in [0, 0.05) is 0 Å². The summed E-state index contributed by atoms with van der Waals surface area (Å²) < 4.78 is 5.70. The zero-order chi connectivity index (χ0) is 12.7. The van der Waals surface area contributed by atoms with Gasteiger partial charge in [0.15, 0.2) is 0 Å². The van der Waals surface area contributed by atoms with Crippen LogP contribution in [-0.2, 0) is 0 Å². The summed E-state index contributed by atoms with van der Waals surface area (Å²) in [4.78, 5) is 0. The minimum Gasteiger partial charge on any atom is -0.489 e. The Bertz CT molecular complexity index is 382. The Balaban J connectivity index is 2.52. The highest BCUT2D eigenvalue weighted by atomic mass is 16.5. The summed E-state index contributed by atoms with van der Waals surface area (Å²) in [6.45, 7) is 9.11. The van der Waals surface area contributed by atoms with Crippen LogP contribution in [0.25, 0.3) is 0 Å². The summed E-state index contributed by atoms with van der Waals surface area (Å²) in [6.07, 6.45) is 6.12. The average Bonchev–Trinajstić information content (AvgIpc) is 2.34. The molecule has 0 saturated carbocycles. The molecular formula is C16H22O. The summed E-state index contributed by atoms with van der Waals surface area (Å²) in [6, 6.07) is 8.34. The SMILES string of the molecule is C/C=C\C=C(/C)COc1ccc(C(C)C)cc1. The van der Waals surface area contributed by atoms with Gasteiger partial charge in [0.25, 0.3) is 0 Å². The molecule has 0 fully saturated rings. The Hall–Kier alpha value is -1.50. The minimum atomic E-state index is 0.570. The molecule has 0 spiro atoms. The Kier molecular flexibility index (Phi) is 5.55. The predicted molar refractivity (Wildman–Crippen MR) is 74.6 cm³/mol. The van der Waals surface area contributed by atoms with Gasteiger partial charge in [-0.3, -0.25) is 0 Å². The molecule has 0 heterocycles. The third-order valence-corrected chi connectivity index (χ3v) is 2.59. The molecule has 0 aliphatic rings. The molecule has 1 aromatic carbocycles. The van der Waals surface area contributed by atoms with Crippen molar-refractivity contribution in [2.24, 2.45) is 0 Å². The molecule has 0 N–H and O–H groups in total. The van der Waals surface area contributed by atoms with Gasteiger partial charge in [-0.05, 0) is 43.0 Å². The highest BCUT2D eigenvalue weighted by Crippen LogP contribution is 2.18. The van der Waals surface area contributed by atoms with Gasteiger partial charge >= 0.3 is 0 Å². The number of rotatable bonds is 5. The first-order valence-corrected chi connectivity index (χ1v) is 6.14. The predicted octanol–water partition coefficient (Wildman–Crippen LogP) is 4.71. The fourth-order valence-electron chi connectivity index (χ4n) is 1.45. The third-order valence-electron chi connectivity index (χ3n) is 2.59. The van der Waals surface area contributed by atoms with Gasteiger partial charge in [-0.2, -0.15) is 0 Å². The lowest BCUT2D eigenvalue weighted by Gasteiger charge is -2.08. The molecule has 0 amide bonds. The van der Waals surface area contributed by atoms with Crippen LogP contribution in [0.5, 0.6) is 5.75 Å². The van der Waals surface area contributed by atoms with Gasteiger partial charge in [-0.25, -0.2) is 0 Å². The zero-order valence-electron chi connectivity index (χ0n) is 11.2. The number of benzene rings is 1. The summed E-state index contributed by atoms with van der Waals surface area (Å²) in [5.74, 6) is 1.50. The average molecular weight is 230 g/mol. The van der Waals surface area contributed by atoms with Crippen LogP contribution in [0.1, 0.15) is 39.2 Å². The largest absolute Gasteiger partial charge is 0.489 e. The first-order valence-electron chi connectivity index (χ1n) is 6.14. The number of allylic oxidation sites excluding steroid dienone is 3. The van der Waals surface area contributed by atoms with E-state index in [9.17, 15) is 0 Å². The molecule has 92 valence electrons. The van der Waals surface area contributed by atoms with E-state index in [1.165, 1.54) is 11.1 Å². The van der Waals surface area contributed by atoms with Crippen molar-refractivity contribution in [2.45, 2.75) is 33.6 Å². The maximum Gasteiger partial charge on any atom is 0.119 e. The van der Waals surface area contributed by atoms with Gasteiger partial charge in [0.05, 0.1) is 0 Å². The molecule has 17 heavy (non-hydrogen) atoms. The fourth-order valence-corrected chi connectivity index (χ4v) is 1.45. The van der Waals surface area contributed by atoms with Gasteiger partial charge in [-0.15, -0.1) is 0 Å². The molecule has 0 radical (unpaired) electrons. The molecular weight excluding hydrogens is 208 g/mol. The van der Waals surface area contributed by atoms with Crippen LogP contribution < -0.4 is 4.74 Å². The molecule has 1 aromatic rings. The smallest absolute Gasteiger partial charge is 0.119 e. The highest BCUT2D eigenvalue weighted by molar-refractivity contribution is 5.29. The lowest BCUT2D eigenvalue weighted by atomic mass is 10.0. The van der Waals surface area contributed by atoms with E-state index < -0.39 is 0 Å². The van der Waals surface area contributed by atoms with Crippen LogP contribution >= 0.6 is 0 Å². The minimum absolute atomic E-state index is 0.570. The molecule has 0 saturated heterocycles. The van der Waals surface area contributed by atoms with Crippen LogP contribution in [0.3, 0.4) is 0 Å². The second-order valence-electron chi connectivity index (χ2n) is 4.55. The van der Waals surface area contributed by atoms with E-state index in [4.69, 9.17) is 4.74 Å². The van der Waals surface area contributed by atoms with Crippen LogP contribution in [0.4, 0.5) is 0 Å². The van der Waals surface area contributed by atoms with Gasteiger partial charge in [-0.1, -0.05) is 44.2 Å². The van der Waals surface area contributed by atoms with E-state index in [0.29, 0.717) is 12.5 Å². The first kappa shape index (κ1) is 13.6. The first-order chi connectivity index (χ1) is 8.13. The zero-order valence-corrected chi connectivity index (χ0v) is 11.2. The molecule has 1 heteroatoms. The van der Waals surface area contributed by atoms with E-state index >= 15 is 0 Å². The summed E-state index contributed by atoms with van der Waals surface area (Å²) >= 11 is 0. The van der Waals surface area contributed by atoms with Crippen molar-refractivity contribution in [3.63, 3.8) is 0 Å². The van der Waals surface area contributed by atoms with Gasteiger partial charge in [0.1, 0.15) is 12.4 Å². The van der Waals surface area contributed by atoms with Crippen molar-refractivity contribution in [1.82, 2.24) is 0 Å². The van der Waals surface area contributed by atoms with Crippen molar-refractivity contribution >= 4 is 0 Å². The van der Waals surface area contributed by atoms with Crippen LogP contribution in [0.15, 0.2) is 48.1 Å². The fraction of sp³-hybridized carbons (Fsp3) is 0.375. The highest BCUT2D eigenvalue weighted by Gasteiger charge is 1.99. The maximum atomic E-state index is 5.70. The topological polar surface area (TPSA) is 9.23 Å². The van der Waals surface area contributed by atoms with Crippen molar-refractivity contribution in [3.05, 3.63) is 53.6 Å². The van der Waals surface area contributed by atoms with Gasteiger partial charge in [0.2, 0.25) is 0 Å². The number of ether oxygens (including phenoxy) is 1. The molecule has 0 aromatic heterocycles. The molecule has 0 aliphatic heterocycles. The van der Waals surface area contributed by atoms with Crippen molar-refractivity contribution in [1.29, 1.82) is 0 Å². The molecule has 0 unspecified atom stereocenters. The number of hydrogen-bond acceptors (Lipinski definition) is 1. The summed E-state index contributed by atoms with van der Waals surface area (Å²) in [5, 5.41) is 0. The monoisotopic (exact) mass is 230 g/mol. The lowest BCUT2D eigenvalue weighted by molar-refractivity contribution is 0.352. The molecule has 1 rings (SSSR count). The van der Waals surface area contributed by atoms with Crippen LogP contribution in [0.2, 0.25) is 0 Å². The standard InChI is InChI=1S/C16H22O/c1-5-6-7-14(4)12-17-16-10-8-15(9-11-16)13(2)3/h5-11,13H,12H2,1-4H3/b6-5-,14-7+. The quantitative estimate of drug-likeness (QED) is 0.665. The second-order valence-corrected chi connectivity index (χ2v) is 4.55. The van der Waals surface area contributed by atoms with Crippen molar-refractivity contribution in [3.8, 4) is 5.75 Å². The molecule has 0 aliphatic carbocycles. The van der Waals surface area contributed by atoms with Crippen LogP contribution in [-0.4, -0.2) is 6.61 Å². The maximum absolute atomic E-state index is 5.70. The second kappa shape index (κ2) is 6.95. The normalized spacial score (nSPS) is 12.4. The van der Waals surface area contributed by atoms with Gasteiger partial charge < -0.3 is 4.74 Å². The van der Waals surface area contributed by atoms with E-state index in [1.807, 2.05) is 31.2 Å². The Morgan fingerprint density at radius 2 is 1.88 bits per heavy atom. The summed E-state index contributed by atoms with van der Waals surface area (Å²) in [5.41, 5.74) is 2.56. The molecule has 0 bridgehead atoms. The summed E-state index contributed by atoms with van der Waals surface area (Å²) in [7, 11) is 0. The van der Waals surface area contributed by atoms with E-state index in [1.54, 1.807) is 0 Å². The molecule has 1 nitrogen and oxygen atoms in total. The Morgan fingerprint density at radius 3 is 2.41 bits per heavy atom.